The summed E-state index contributed by atoms with van der Waals surface area (Å²) in [5.41, 5.74) is 0.0889. The van der Waals surface area contributed by atoms with Crippen LogP contribution in [0, 0.1) is 11.3 Å². The minimum Gasteiger partial charge on any atom is -0.377 e. The van der Waals surface area contributed by atoms with Gasteiger partial charge in [0.1, 0.15) is 0 Å². The van der Waals surface area contributed by atoms with Gasteiger partial charge in [0, 0.05) is 54.5 Å². The first-order valence-corrected chi connectivity index (χ1v) is 8.46. The van der Waals surface area contributed by atoms with Crippen LogP contribution in [0.15, 0.2) is 0 Å². The van der Waals surface area contributed by atoms with Gasteiger partial charge in [0.25, 0.3) is 0 Å². The fraction of sp³-hybridized carbons (Fsp3) is 0.929. The molecule has 0 spiro atoms. The Balaban J connectivity index is 1.52. The summed E-state index contributed by atoms with van der Waals surface area (Å²) in [5.74, 6) is 2.95. The predicted molar refractivity (Wildman–Crippen MR) is 77.3 cm³/mol. The number of rotatable bonds is 3. The number of hydrogen-bond donors (Lipinski definition) is 2. The van der Waals surface area contributed by atoms with E-state index in [1.54, 1.807) is 0 Å². The highest BCUT2D eigenvalue weighted by Gasteiger charge is 2.59. The monoisotopic (exact) mass is 284 g/mol. The molecule has 0 aromatic carbocycles. The molecule has 108 valence electrons. The van der Waals surface area contributed by atoms with Crippen LogP contribution in [0.5, 0.6) is 0 Å². The first kappa shape index (κ1) is 13.7. The van der Waals surface area contributed by atoms with Crippen LogP contribution < -0.4 is 10.6 Å². The Morgan fingerprint density at radius 3 is 3.11 bits per heavy atom. The fourth-order valence-corrected chi connectivity index (χ4v) is 4.77. The molecule has 1 saturated carbocycles. The van der Waals surface area contributed by atoms with Crippen LogP contribution in [-0.4, -0.2) is 48.8 Å². The Morgan fingerprint density at radius 1 is 1.53 bits per heavy atom. The zero-order valence-electron chi connectivity index (χ0n) is 11.8. The van der Waals surface area contributed by atoms with E-state index in [4.69, 9.17) is 4.74 Å². The van der Waals surface area contributed by atoms with Gasteiger partial charge in [0.2, 0.25) is 5.91 Å². The van der Waals surface area contributed by atoms with Crippen LogP contribution in [0.3, 0.4) is 0 Å². The number of fused-ring (bicyclic) bond motifs is 1. The number of amides is 1. The molecule has 3 fully saturated rings. The van der Waals surface area contributed by atoms with E-state index in [9.17, 15) is 4.79 Å². The lowest BCUT2D eigenvalue weighted by Gasteiger charge is -2.54. The maximum Gasteiger partial charge on any atom is 0.221 e. The van der Waals surface area contributed by atoms with E-state index in [1.807, 2.05) is 11.8 Å². The minimum atomic E-state index is 0.0889. The third-order valence-electron chi connectivity index (χ3n) is 4.85. The first-order chi connectivity index (χ1) is 9.09. The summed E-state index contributed by atoms with van der Waals surface area (Å²) in [6.07, 6.45) is 2.05. The summed E-state index contributed by atoms with van der Waals surface area (Å²) in [4.78, 5) is 12.2. The smallest absolute Gasteiger partial charge is 0.221 e. The van der Waals surface area contributed by atoms with Crippen molar-refractivity contribution in [3.05, 3.63) is 0 Å². The third-order valence-corrected chi connectivity index (χ3v) is 5.98. The van der Waals surface area contributed by atoms with E-state index in [-0.39, 0.29) is 11.3 Å². The second-order valence-electron chi connectivity index (χ2n) is 6.54. The zero-order chi connectivity index (χ0) is 13.5. The lowest BCUT2D eigenvalue weighted by Crippen LogP contribution is -2.67. The fourth-order valence-electron chi connectivity index (χ4n) is 3.82. The van der Waals surface area contributed by atoms with Crippen LogP contribution in [0.4, 0.5) is 0 Å². The van der Waals surface area contributed by atoms with Crippen LogP contribution in [0.2, 0.25) is 0 Å². The van der Waals surface area contributed by atoms with Crippen LogP contribution in [-0.2, 0) is 9.53 Å². The van der Waals surface area contributed by atoms with Gasteiger partial charge in [-0.25, -0.2) is 0 Å². The molecule has 0 radical (unpaired) electrons. The lowest BCUT2D eigenvalue weighted by atomic mass is 9.57. The Hall–Kier alpha value is -0.260. The topological polar surface area (TPSA) is 50.4 Å². The van der Waals surface area contributed by atoms with Crippen molar-refractivity contribution in [2.75, 3.05) is 24.7 Å². The van der Waals surface area contributed by atoms with Gasteiger partial charge in [-0.1, -0.05) is 13.8 Å². The molecule has 1 amide bonds. The molecule has 0 aromatic heterocycles. The normalized spacial score (nSPS) is 40.3. The number of ether oxygens (including phenoxy) is 1. The molecule has 2 aliphatic heterocycles. The van der Waals surface area contributed by atoms with Crippen LogP contribution >= 0.6 is 11.8 Å². The molecule has 19 heavy (non-hydrogen) atoms. The third kappa shape index (κ3) is 2.52. The lowest BCUT2D eigenvalue weighted by molar-refractivity contribution is -0.138. The molecule has 5 heteroatoms. The summed E-state index contributed by atoms with van der Waals surface area (Å²) in [6.45, 7) is 6.29. The number of hydrogen-bond acceptors (Lipinski definition) is 4. The number of nitrogens with one attached hydrogen (secondary N) is 2. The first-order valence-electron chi connectivity index (χ1n) is 7.31. The van der Waals surface area contributed by atoms with Gasteiger partial charge >= 0.3 is 0 Å². The van der Waals surface area contributed by atoms with Gasteiger partial charge in [0.05, 0.1) is 6.10 Å². The molecular weight excluding hydrogens is 260 g/mol. The summed E-state index contributed by atoms with van der Waals surface area (Å²) in [6, 6.07) is 0.640. The zero-order valence-corrected chi connectivity index (χ0v) is 12.6. The quantitative estimate of drug-likeness (QED) is 0.812. The van der Waals surface area contributed by atoms with Gasteiger partial charge < -0.3 is 15.4 Å². The van der Waals surface area contributed by atoms with Crippen molar-refractivity contribution < 1.29 is 9.53 Å². The van der Waals surface area contributed by atoms with Gasteiger partial charge in [0.15, 0.2) is 0 Å². The highest BCUT2D eigenvalue weighted by molar-refractivity contribution is 7.99. The van der Waals surface area contributed by atoms with Crippen molar-refractivity contribution in [1.29, 1.82) is 0 Å². The van der Waals surface area contributed by atoms with Crippen molar-refractivity contribution >= 4 is 17.7 Å². The minimum absolute atomic E-state index is 0.0889. The van der Waals surface area contributed by atoms with E-state index < -0.39 is 0 Å². The Morgan fingerprint density at radius 2 is 2.37 bits per heavy atom. The highest BCUT2D eigenvalue weighted by atomic mass is 32.2. The molecule has 0 aromatic rings. The Bertz CT molecular complexity index is 355. The molecule has 3 rings (SSSR count). The summed E-state index contributed by atoms with van der Waals surface area (Å²) < 4.78 is 5.76. The molecule has 2 heterocycles. The van der Waals surface area contributed by atoms with Gasteiger partial charge in [-0.2, -0.15) is 11.8 Å². The Kier molecular flexibility index (Phi) is 3.80. The van der Waals surface area contributed by atoms with Crippen molar-refractivity contribution in [2.24, 2.45) is 11.3 Å². The van der Waals surface area contributed by atoms with E-state index in [0.717, 1.165) is 31.1 Å². The summed E-state index contributed by atoms with van der Waals surface area (Å²) in [7, 11) is 0. The largest absolute Gasteiger partial charge is 0.377 e. The Labute approximate surface area is 119 Å². The van der Waals surface area contributed by atoms with Crippen molar-refractivity contribution in [3.63, 3.8) is 0 Å². The van der Waals surface area contributed by atoms with E-state index in [0.29, 0.717) is 30.5 Å². The SMILES string of the molecule is CC1(C)C(NC(=O)CC2CSCCN2)C2CCOC21. The number of carbonyl (C=O) groups is 1. The standard InChI is InChI=1S/C14H24N2O2S/c1-14(2)12(10-3-5-18-13(10)14)16-11(17)7-9-8-19-6-4-15-9/h9-10,12-13,15H,3-8H2,1-2H3,(H,16,17). The van der Waals surface area contributed by atoms with Gasteiger partial charge in [-0.15, -0.1) is 0 Å². The van der Waals surface area contributed by atoms with Gasteiger partial charge in [-0.05, 0) is 6.42 Å². The van der Waals surface area contributed by atoms with E-state index in [1.165, 1.54) is 0 Å². The number of thioether (sulfide) groups is 1. The maximum absolute atomic E-state index is 12.2. The van der Waals surface area contributed by atoms with Crippen molar-refractivity contribution in [1.82, 2.24) is 10.6 Å². The van der Waals surface area contributed by atoms with E-state index in [2.05, 4.69) is 24.5 Å². The van der Waals surface area contributed by atoms with Crippen LogP contribution in [0.1, 0.15) is 26.7 Å². The van der Waals surface area contributed by atoms with Gasteiger partial charge in [-0.3, -0.25) is 4.79 Å². The van der Waals surface area contributed by atoms with E-state index >= 15 is 0 Å². The maximum atomic E-state index is 12.2. The van der Waals surface area contributed by atoms with Crippen LogP contribution in [0.25, 0.3) is 0 Å². The molecular formula is C14H24N2O2S. The molecule has 4 nitrogen and oxygen atoms in total. The molecule has 0 bridgehead atoms. The highest BCUT2D eigenvalue weighted by Crippen LogP contribution is 2.52. The molecule has 2 saturated heterocycles. The predicted octanol–water partition coefficient (Wildman–Crippen LogP) is 1.01. The van der Waals surface area contributed by atoms with Crippen molar-refractivity contribution in [2.45, 2.75) is 44.9 Å². The second kappa shape index (κ2) is 5.26. The summed E-state index contributed by atoms with van der Waals surface area (Å²) in [5, 5.41) is 6.68. The average Bonchev–Trinajstić information content (AvgIpc) is 2.84. The molecule has 4 unspecified atom stereocenters. The molecule has 4 atom stereocenters. The van der Waals surface area contributed by atoms with Crippen molar-refractivity contribution in [3.8, 4) is 0 Å². The molecule has 2 N–H and O–H groups in total. The molecule has 3 aliphatic rings. The number of carbonyl (C=O) groups excluding carboxylic acids is 1. The second-order valence-corrected chi connectivity index (χ2v) is 7.69. The molecule has 1 aliphatic carbocycles. The summed E-state index contributed by atoms with van der Waals surface area (Å²) >= 11 is 1.94. The average molecular weight is 284 g/mol.